The van der Waals surface area contributed by atoms with E-state index in [0.717, 1.165) is 32.4 Å². The molecule has 2 atom stereocenters. The Bertz CT molecular complexity index is 629. The van der Waals surface area contributed by atoms with Crippen LogP contribution in [0.15, 0.2) is 24.5 Å². The number of nitrogens with zero attached hydrogens (tertiary/aromatic N) is 3. The summed E-state index contributed by atoms with van der Waals surface area (Å²) in [4.78, 5) is 33.7. The van der Waals surface area contributed by atoms with Crippen molar-refractivity contribution in [2.24, 2.45) is 11.8 Å². The van der Waals surface area contributed by atoms with Crippen molar-refractivity contribution in [3.05, 3.63) is 30.1 Å². The highest BCUT2D eigenvalue weighted by Crippen LogP contribution is 2.35. The Hall–Kier alpha value is -1.91. The van der Waals surface area contributed by atoms with Gasteiger partial charge < -0.3 is 9.80 Å². The van der Waals surface area contributed by atoms with Crippen LogP contribution >= 0.6 is 0 Å². The Labute approximate surface area is 149 Å². The minimum Gasteiger partial charge on any atom is -0.342 e. The molecule has 134 valence electrons. The quantitative estimate of drug-likeness (QED) is 0.846. The number of likely N-dealkylation sites (tertiary alicyclic amines) is 2. The van der Waals surface area contributed by atoms with Crippen molar-refractivity contribution in [1.29, 1.82) is 0 Å². The molecule has 0 bridgehead atoms. The second-order valence-corrected chi connectivity index (χ2v) is 7.82. The number of carbonyl (C=O) groups is 2. The van der Waals surface area contributed by atoms with Crippen LogP contribution in [0.5, 0.6) is 0 Å². The van der Waals surface area contributed by atoms with Gasteiger partial charge in [0.15, 0.2) is 0 Å². The lowest BCUT2D eigenvalue weighted by molar-refractivity contribution is -0.138. The molecule has 0 aromatic carbocycles. The van der Waals surface area contributed by atoms with E-state index < -0.39 is 0 Å². The van der Waals surface area contributed by atoms with Crippen molar-refractivity contribution in [2.45, 2.75) is 51.0 Å². The van der Waals surface area contributed by atoms with Gasteiger partial charge in [-0.25, -0.2) is 0 Å². The molecule has 5 nitrogen and oxygen atoms in total. The van der Waals surface area contributed by atoms with Crippen molar-refractivity contribution in [3.8, 4) is 0 Å². The maximum atomic E-state index is 13.3. The molecule has 0 N–H and O–H groups in total. The van der Waals surface area contributed by atoms with E-state index in [-0.39, 0.29) is 23.8 Å². The molecular formula is C20H27N3O2. The van der Waals surface area contributed by atoms with Crippen molar-refractivity contribution in [1.82, 2.24) is 14.8 Å². The van der Waals surface area contributed by atoms with E-state index in [4.69, 9.17) is 0 Å². The molecule has 2 saturated heterocycles. The van der Waals surface area contributed by atoms with Gasteiger partial charge in [0.25, 0.3) is 0 Å². The van der Waals surface area contributed by atoms with E-state index in [2.05, 4.69) is 9.88 Å². The Balaban J connectivity index is 1.49. The average molecular weight is 341 g/mol. The molecule has 3 aliphatic rings. The van der Waals surface area contributed by atoms with Gasteiger partial charge in [-0.1, -0.05) is 12.8 Å². The second-order valence-electron chi connectivity index (χ2n) is 7.82. The third-order valence-corrected chi connectivity index (χ3v) is 5.87. The molecule has 0 unspecified atom stereocenters. The minimum absolute atomic E-state index is 0.130. The zero-order valence-electron chi connectivity index (χ0n) is 14.8. The molecule has 2 aliphatic heterocycles. The van der Waals surface area contributed by atoms with Crippen LogP contribution in [-0.2, 0) is 9.59 Å². The van der Waals surface area contributed by atoms with Crippen molar-refractivity contribution >= 4 is 11.8 Å². The third kappa shape index (κ3) is 3.70. The highest BCUT2D eigenvalue weighted by molar-refractivity contribution is 5.89. The lowest BCUT2D eigenvalue weighted by Crippen LogP contribution is -2.40. The molecule has 4 rings (SSSR count). The molecule has 1 aliphatic carbocycles. The number of hydrogen-bond donors (Lipinski definition) is 0. The smallest absolute Gasteiger partial charge is 0.228 e. The van der Waals surface area contributed by atoms with Gasteiger partial charge >= 0.3 is 0 Å². The van der Waals surface area contributed by atoms with Gasteiger partial charge in [-0.2, -0.15) is 0 Å². The van der Waals surface area contributed by atoms with Crippen LogP contribution in [0.3, 0.4) is 0 Å². The van der Waals surface area contributed by atoms with Gasteiger partial charge in [0.1, 0.15) is 0 Å². The Morgan fingerprint density at radius 3 is 2.68 bits per heavy atom. The Morgan fingerprint density at radius 2 is 1.92 bits per heavy atom. The first-order valence-corrected chi connectivity index (χ1v) is 9.70. The SMILES string of the molecule is O=C1C[C@@H](C(=O)N2CCCCC[C@H]2c2ccncc2)CN1CC1CC1. The summed E-state index contributed by atoms with van der Waals surface area (Å²) in [6, 6.07) is 4.18. The molecule has 5 heteroatoms. The average Bonchev–Trinajstić information content (AvgIpc) is 3.41. The first kappa shape index (κ1) is 16.6. The Morgan fingerprint density at radius 1 is 1.12 bits per heavy atom. The summed E-state index contributed by atoms with van der Waals surface area (Å²) >= 11 is 0. The van der Waals surface area contributed by atoms with Gasteiger partial charge in [0, 0.05) is 38.4 Å². The molecule has 25 heavy (non-hydrogen) atoms. The summed E-state index contributed by atoms with van der Waals surface area (Å²) in [5.74, 6) is 0.866. The van der Waals surface area contributed by atoms with Crippen LogP contribution < -0.4 is 0 Å². The topological polar surface area (TPSA) is 53.5 Å². The van der Waals surface area contributed by atoms with E-state index >= 15 is 0 Å². The summed E-state index contributed by atoms with van der Waals surface area (Å²) in [7, 11) is 0. The summed E-state index contributed by atoms with van der Waals surface area (Å²) in [5.41, 5.74) is 1.17. The number of pyridine rings is 1. The molecular weight excluding hydrogens is 314 g/mol. The third-order valence-electron chi connectivity index (χ3n) is 5.87. The van der Waals surface area contributed by atoms with Crippen LogP contribution in [0, 0.1) is 11.8 Å². The van der Waals surface area contributed by atoms with Gasteiger partial charge in [-0.05, 0) is 49.3 Å². The Kier molecular flexibility index (Phi) is 4.73. The molecule has 1 aromatic rings. The van der Waals surface area contributed by atoms with Crippen LogP contribution in [0.2, 0.25) is 0 Å². The van der Waals surface area contributed by atoms with Gasteiger partial charge in [0.2, 0.25) is 11.8 Å². The highest BCUT2D eigenvalue weighted by Gasteiger charge is 2.40. The predicted molar refractivity (Wildman–Crippen MR) is 94.6 cm³/mol. The minimum atomic E-state index is -0.159. The van der Waals surface area contributed by atoms with E-state index in [1.807, 2.05) is 17.0 Å². The zero-order valence-corrected chi connectivity index (χ0v) is 14.8. The summed E-state index contributed by atoms with van der Waals surface area (Å²) in [6.07, 6.45) is 10.8. The second kappa shape index (κ2) is 7.14. The van der Waals surface area contributed by atoms with Crippen LogP contribution in [0.25, 0.3) is 0 Å². The number of hydrogen-bond acceptors (Lipinski definition) is 3. The lowest BCUT2D eigenvalue weighted by atomic mass is 9.99. The maximum Gasteiger partial charge on any atom is 0.228 e. The first-order chi connectivity index (χ1) is 12.2. The fourth-order valence-electron chi connectivity index (χ4n) is 4.26. The summed E-state index contributed by atoms with van der Waals surface area (Å²) in [5, 5.41) is 0. The van der Waals surface area contributed by atoms with Crippen LogP contribution in [-0.4, -0.2) is 46.2 Å². The van der Waals surface area contributed by atoms with Crippen molar-refractivity contribution in [2.75, 3.05) is 19.6 Å². The molecule has 1 aromatic heterocycles. The fraction of sp³-hybridized carbons (Fsp3) is 0.650. The summed E-state index contributed by atoms with van der Waals surface area (Å²) < 4.78 is 0. The molecule has 3 fully saturated rings. The molecule has 1 saturated carbocycles. The van der Waals surface area contributed by atoms with Crippen LogP contribution in [0.4, 0.5) is 0 Å². The molecule has 0 radical (unpaired) electrons. The maximum absolute atomic E-state index is 13.3. The zero-order chi connectivity index (χ0) is 17.2. The fourth-order valence-corrected chi connectivity index (χ4v) is 4.26. The van der Waals surface area contributed by atoms with Gasteiger partial charge in [-0.3, -0.25) is 14.6 Å². The van der Waals surface area contributed by atoms with Crippen LogP contribution in [0.1, 0.15) is 56.6 Å². The number of amides is 2. The summed E-state index contributed by atoms with van der Waals surface area (Å²) in [6.45, 7) is 2.28. The lowest BCUT2D eigenvalue weighted by Gasteiger charge is -2.32. The van der Waals surface area contributed by atoms with E-state index in [0.29, 0.717) is 18.9 Å². The largest absolute Gasteiger partial charge is 0.342 e. The van der Waals surface area contributed by atoms with E-state index in [1.54, 1.807) is 12.4 Å². The number of aromatic nitrogens is 1. The van der Waals surface area contributed by atoms with Gasteiger partial charge in [-0.15, -0.1) is 0 Å². The standard InChI is InChI=1S/C20H27N3O2/c24-19-12-17(14-22(19)13-15-5-6-15)20(25)23-11-3-1-2-4-18(23)16-7-9-21-10-8-16/h7-10,15,17-18H,1-6,11-14H2/t17-,18+/m1/s1. The van der Waals surface area contributed by atoms with E-state index in [1.165, 1.54) is 24.8 Å². The van der Waals surface area contributed by atoms with E-state index in [9.17, 15) is 9.59 Å². The first-order valence-electron chi connectivity index (χ1n) is 9.70. The normalized spacial score (nSPS) is 27.4. The number of carbonyl (C=O) groups excluding carboxylic acids is 2. The monoisotopic (exact) mass is 341 g/mol. The predicted octanol–water partition coefficient (Wildman–Crippen LogP) is 2.78. The number of rotatable bonds is 4. The van der Waals surface area contributed by atoms with Gasteiger partial charge in [0.05, 0.1) is 12.0 Å². The molecule has 3 heterocycles. The molecule has 2 amide bonds. The molecule has 0 spiro atoms. The van der Waals surface area contributed by atoms with Crippen molar-refractivity contribution < 1.29 is 9.59 Å². The highest BCUT2D eigenvalue weighted by atomic mass is 16.2. The van der Waals surface area contributed by atoms with Crippen molar-refractivity contribution in [3.63, 3.8) is 0 Å².